The Labute approximate surface area is 211 Å². The van der Waals surface area contributed by atoms with E-state index in [1.165, 1.54) is 32.3 Å². The number of hydrogen-bond acceptors (Lipinski definition) is 5. The molecular weight excluding hydrogens is 485 g/mol. The van der Waals surface area contributed by atoms with Gasteiger partial charge in [0, 0.05) is 25.2 Å². The third-order valence-electron chi connectivity index (χ3n) is 5.65. The molecule has 36 heavy (non-hydrogen) atoms. The third-order valence-corrected chi connectivity index (χ3v) is 7.46. The summed E-state index contributed by atoms with van der Waals surface area (Å²) in [4.78, 5) is 12.9. The fourth-order valence-electron chi connectivity index (χ4n) is 3.61. The first-order valence-electron chi connectivity index (χ1n) is 11.1. The number of hydrogen-bond donors (Lipinski definition) is 1. The zero-order valence-corrected chi connectivity index (χ0v) is 21.7. The predicted octanol–water partition coefficient (Wildman–Crippen LogP) is 4.15. The first kappa shape index (κ1) is 27.0. The third kappa shape index (κ3) is 5.95. The van der Waals surface area contributed by atoms with Crippen LogP contribution in [0.2, 0.25) is 0 Å². The van der Waals surface area contributed by atoms with Crippen molar-refractivity contribution in [3.8, 4) is 11.5 Å². The van der Waals surface area contributed by atoms with Crippen LogP contribution in [-0.2, 0) is 16.8 Å². The Morgan fingerprint density at radius 3 is 2.25 bits per heavy atom. The van der Waals surface area contributed by atoms with Gasteiger partial charge in [0.25, 0.3) is 5.91 Å². The molecule has 0 saturated heterocycles. The maximum atomic E-state index is 14.5. The summed E-state index contributed by atoms with van der Waals surface area (Å²) >= 11 is 0. The van der Waals surface area contributed by atoms with Crippen LogP contribution in [0.25, 0.3) is 0 Å². The van der Waals surface area contributed by atoms with Gasteiger partial charge in [-0.15, -0.1) is 0 Å². The van der Waals surface area contributed by atoms with Gasteiger partial charge in [-0.3, -0.25) is 9.10 Å². The molecule has 0 spiro atoms. The lowest BCUT2D eigenvalue weighted by molar-refractivity contribution is 0.0939. The molecule has 1 atom stereocenters. The van der Waals surface area contributed by atoms with Gasteiger partial charge in [0.2, 0.25) is 0 Å². The number of carbonyl (C=O) groups is 1. The maximum absolute atomic E-state index is 14.5. The van der Waals surface area contributed by atoms with Crippen LogP contribution in [0.1, 0.15) is 34.5 Å². The van der Waals surface area contributed by atoms with Crippen molar-refractivity contribution in [2.45, 2.75) is 19.5 Å². The molecular formula is C26H30FN3O5S. The van der Waals surface area contributed by atoms with Crippen LogP contribution >= 0.6 is 0 Å². The van der Waals surface area contributed by atoms with Gasteiger partial charge in [0.1, 0.15) is 17.3 Å². The van der Waals surface area contributed by atoms with E-state index in [1.54, 1.807) is 62.8 Å². The molecule has 3 rings (SSSR count). The second-order valence-electron chi connectivity index (χ2n) is 8.25. The molecule has 0 heterocycles. The van der Waals surface area contributed by atoms with Crippen molar-refractivity contribution in [3.05, 3.63) is 89.2 Å². The summed E-state index contributed by atoms with van der Waals surface area (Å²) in [6.07, 6.45) is 0. The monoisotopic (exact) mass is 515 g/mol. The van der Waals surface area contributed by atoms with Gasteiger partial charge in [0.05, 0.1) is 32.5 Å². The summed E-state index contributed by atoms with van der Waals surface area (Å²) in [7, 11) is 1.91. The second kappa shape index (κ2) is 11.4. The molecule has 1 amide bonds. The predicted molar refractivity (Wildman–Crippen MR) is 137 cm³/mol. The minimum absolute atomic E-state index is 0.0610. The number of para-hydroxylation sites is 1. The lowest BCUT2D eigenvalue weighted by atomic mass is 10.1. The van der Waals surface area contributed by atoms with Crippen LogP contribution in [0.15, 0.2) is 66.7 Å². The fourth-order valence-corrected chi connectivity index (χ4v) is 4.71. The van der Waals surface area contributed by atoms with E-state index in [0.717, 1.165) is 14.2 Å². The van der Waals surface area contributed by atoms with Crippen molar-refractivity contribution in [2.75, 3.05) is 32.6 Å². The first-order valence-corrected chi connectivity index (χ1v) is 12.5. The van der Waals surface area contributed by atoms with Crippen LogP contribution in [0.4, 0.5) is 10.1 Å². The highest BCUT2D eigenvalue weighted by Crippen LogP contribution is 2.30. The van der Waals surface area contributed by atoms with Crippen molar-refractivity contribution in [3.63, 3.8) is 0 Å². The average molecular weight is 516 g/mol. The van der Waals surface area contributed by atoms with Gasteiger partial charge in [-0.1, -0.05) is 24.3 Å². The lowest BCUT2D eigenvalue weighted by Gasteiger charge is -2.27. The minimum Gasteiger partial charge on any atom is -0.497 e. The van der Waals surface area contributed by atoms with Gasteiger partial charge >= 0.3 is 10.2 Å². The summed E-state index contributed by atoms with van der Waals surface area (Å²) in [5.74, 6) is 0.296. The Hall–Kier alpha value is -3.63. The van der Waals surface area contributed by atoms with Crippen LogP contribution < -0.4 is 19.1 Å². The first-order chi connectivity index (χ1) is 17.1. The van der Waals surface area contributed by atoms with E-state index in [4.69, 9.17) is 9.47 Å². The second-order valence-corrected chi connectivity index (χ2v) is 10.3. The van der Waals surface area contributed by atoms with Crippen LogP contribution in [0.3, 0.4) is 0 Å². The number of benzene rings is 3. The smallest absolute Gasteiger partial charge is 0.303 e. The van der Waals surface area contributed by atoms with E-state index in [1.807, 2.05) is 6.92 Å². The van der Waals surface area contributed by atoms with Crippen molar-refractivity contribution >= 4 is 21.8 Å². The van der Waals surface area contributed by atoms with Crippen LogP contribution in [0, 0.1) is 5.82 Å². The van der Waals surface area contributed by atoms with Gasteiger partial charge in [-0.05, 0) is 55.0 Å². The molecule has 0 aliphatic heterocycles. The largest absolute Gasteiger partial charge is 0.497 e. The van der Waals surface area contributed by atoms with E-state index in [2.05, 4.69) is 5.32 Å². The number of amides is 1. The Kier molecular flexibility index (Phi) is 8.54. The fraction of sp³-hybridized carbons (Fsp3) is 0.269. The van der Waals surface area contributed by atoms with Gasteiger partial charge in [-0.25, -0.2) is 4.39 Å². The van der Waals surface area contributed by atoms with E-state index in [9.17, 15) is 17.6 Å². The summed E-state index contributed by atoms with van der Waals surface area (Å²) in [6, 6.07) is 17.1. The minimum atomic E-state index is -3.97. The van der Waals surface area contributed by atoms with Gasteiger partial charge in [-0.2, -0.15) is 12.7 Å². The number of nitrogens with one attached hydrogen (secondary N) is 1. The van der Waals surface area contributed by atoms with Crippen molar-refractivity contribution < 1.29 is 27.1 Å². The van der Waals surface area contributed by atoms with Gasteiger partial charge < -0.3 is 14.8 Å². The highest BCUT2D eigenvalue weighted by atomic mass is 32.2. The number of anilines is 1. The molecule has 0 radical (unpaired) electrons. The normalized spacial score (nSPS) is 12.2. The SMILES string of the molecule is COc1ccc(OC)c(C(C)NC(=O)c2ccc(CN(c3ccccc3F)S(=O)(=O)N(C)C)cc2)c1. The molecule has 8 nitrogen and oxygen atoms in total. The lowest BCUT2D eigenvalue weighted by Crippen LogP contribution is -2.40. The number of halogens is 1. The maximum Gasteiger partial charge on any atom is 0.303 e. The number of rotatable bonds is 10. The zero-order valence-electron chi connectivity index (χ0n) is 20.9. The number of nitrogens with zero attached hydrogens (tertiary/aromatic N) is 2. The molecule has 0 fully saturated rings. The Morgan fingerprint density at radius 1 is 1.00 bits per heavy atom. The molecule has 0 aliphatic rings. The van der Waals surface area contributed by atoms with E-state index < -0.39 is 16.0 Å². The van der Waals surface area contributed by atoms with Crippen molar-refractivity contribution in [1.29, 1.82) is 0 Å². The summed E-state index contributed by atoms with van der Waals surface area (Å²) in [5, 5.41) is 2.93. The molecule has 1 N–H and O–H groups in total. The van der Waals surface area contributed by atoms with Crippen molar-refractivity contribution in [1.82, 2.24) is 9.62 Å². The molecule has 3 aromatic carbocycles. The Balaban J connectivity index is 1.80. The zero-order chi connectivity index (χ0) is 26.5. The quantitative estimate of drug-likeness (QED) is 0.438. The molecule has 0 bridgehead atoms. The molecule has 3 aromatic rings. The van der Waals surface area contributed by atoms with Gasteiger partial charge in [0.15, 0.2) is 0 Å². The summed E-state index contributed by atoms with van der Waals surface area (Å²) in [6.45, 7) is 1.72. The molecule has 0 saturated carbocycles. The van der Waals surface area contributed by atoms with Crippen molar-refractivity contribution in [2.24, 2.45) is 0 Å². The van der Waals surface area contributed by atoms with E-state index in [-0.39, 0.29) is 24.2 Å². The van der Waals surface area contributed by atoms with E-state index in [0.29, 0.717) is 22.6 Å². The standard InChI is InChI=1S/C26H30FN3O5S/c1-18(22-16-21(34-4)14-15-25(22)35-5)28-26(31)20-12-10-19(11-13-20)17-30(36(32,33)29(2)3)24-9-7-6-8-23(24)27/h6-16,18H,17H2,1-5H3,(H,28,31). The van der Waals surface area contributed by atoms with Crippen LogP contribution in [-0.4, -0.2) is 46.9 Å². The molecule has 0 aliphatic carbocycles. The molecule has 1 unspecified atom stereocenters. The van der Waals surface area contributed by atoms with Crippen LogP contribution in [0.5, 0.6) is 11.5 Å². The Bertz CT molecular complexity index is 1310. The average Bonchev–Trinajstić information content (AvgIpc) is 2.87. The highest BCUT2D eigenvalue weighted by Gasteiger charge is 2.27. The van der Waals surface area contributed by atoms with E-state index >= 15 is 0 Å². The highest BCUT2D eigenvalue weighted by molar-refractivity contribution is 7.90. The number of carbonyl (C=O) groups excluding carboxylic acids is 1. The molecule has 0 aromatic heterocycles. The number of methoxy groups -OCH3 is 2. The number of ether oxygens (including phenoxy) is 2. The molecule has 10 heteroatoms. The summed E-state index contributed by atoms with van der Waals surface area (Å²) in [5.41, 5.74) is 1.67. The topological polar surface area (TPSA) is 88.2 Å². The summed E-state index contributed by atoms with van der Waals surface area (Å²) < 4.78 is 53.0. The molecule has 192 valence electrons. The Morgan fingerprint density at radius 2 is 1.67 bits per heavy atom.